The van der Waals surface area contributed by atoms with Crippen molar-refractivity contribution in [2.75, 3.05) is 10.8 Å². The van der Waals surface area contributed by atoms with Crippen LogP contribution in [0.15, 0.2) is 114 Å². The van der Waals surface area contributed by atoms with Crippen LogP contribution in [0.5, 0.6) is 11.5 Å². The maximum Gasteiger partial charge on any atom is 0.264 e. The van der Waals surface area contributed by atoms with E-state index in [0.29, 0.717) is 17.1 Å². The van der Waals surface area contributed by atoms with E-state index in [-0.39, 0.29) is 17.1 Å². The first-order chi connectivity index (χ1) is 20.8. The quantitative estimate of drug-likeness (QED) is 0.218. The molecular weight excluding hydrogens is 581 g/mol. The largest absolute Gasteiger partial charge is 0.457 e. The standard InChI is InChI=1S/C34H36FN3O5S/c1-25(33(40)36-34(2,3)4)37(23-26-15-17-27(35)18-16-26)32(39)24-38(44(41,42)31-13-9-6-10-14-31)28-19-21-30(22-20-28)43-29-11-7-5-8-12-29/h5-22,25H,23-24H2,1-4H3,(H,36,40)/t25-/m0/s1. The molecule has 0 aliphatic rings. The lowest BCUT2D eigenvalue weighted by Gasteiger charge is -2.33. The fourth-order valence-corrected chi connectivity index (χ4v) is 5.83. The van der Waals surface area contributed by atoms with Gasteiger partial charge in [0.2, 0.25) is 11.8 Å². The molecule has 2 amide bonds. The van der Waals surface area contributed by atoms with Crippen molar-refractivity contribution in [1.29, 1.82) is 0 Å². The first-order valence-corrected chi connectivity index (χ1v) is 15.5. The number of nitrogens with zero attached hydrogens (tertiary/aromatic N) is 2. The molecule has 0 aliphatic carbocycles. The number of carbonyl (C=O) groups excluding carboxylic acids is 2. The van der Waals surface area contributed by atoms with Crippen LogP contribution in [0.4, 0.5) is 10.1 Å². The summed E-state index contributed by atoms with van der Waals surface area (Å²) in [6, 6.07) is 27.9. The third-order valence-corrected chi connectivity index (χ3v) is 8.43. The molecule has 230 valence electrons. The van der Waals surface area contributed by atoms with Crippen LogP contribution < -0.4 is 14.4 Å². The van der Waals surface area contributed by atoms with Crippen molar-refractivity contribution in [3.05, 3.63) is 121 Å². The number of rotatable bonds is 11. The van der Waals surface area contributed by atoms with Crippen LogP contribution in [0.1, 0.15) is 33.3 Å². The molecule has 0 radical (unpaired) electrons. The lowest BCUT2D eigenvalue weighted by atomic mass is 10.1. The third kappa shape index (κ3) is 8.44. The van der Waals surface area contributed by atoms with Crippen molar-refractivity contribution in [3.63, 3.8) is 0 Å². The Kier molecular flexibility index (Phi) is 10.1. The van der Waals surface area contributed by atoms with Gasteiger partial charge in [0.15, 0.2) is 0 Å². The van der Waals surface area contributed by atoms with E-state index in [1.165, 1.54) is 41.3 Å². The summed E-state index contributed by atoms with van der Waals surface area (Å²) >= 11 is 0. The van der Waals surface area contributed by atoms with E-state index in [0.717, 1.165) is 4.31 Å². The molecule has 44 heavy (non-hydrogen) atoms. The first kappa shape index (κ1) is 32.2. The van der Waals surface area contributed by atoms with Crippen molar-refractivity contribution in [3.8, 4) is 11.5 Å². The Labute approximate surface area is 258 Å². The van der Waals surface area contributed by atoms with E-state index < -0.39 is 45.8 Å². The minimum atomic E-state index is -4.21. The van der Waals surface area contributed by atoms with Gasteiger partial charge in [-0.25, -0.2) is 12.8 Å². The fraction of sp³-hybridized carbons (Fsp3) is 0.235. The second-order valence-corrected chi connectivity index (χ2v) is 13.2. The van der Waals surface area contributed by atoms with E-state index in [4.69, 9.17) is 4.74 Å². The molecule has 0 unspecified atom stereocenters. The lowest BCUT2D eigenvalue weighted by Crippen LogP contribution is -2.54. The number of benzene rings is 4. The Hall–Kier alpha value is -4.70. The van der Waals surface area contributed by atoms with Gasteiger partial charge < -0.3 is 15.0 Å². The van der Waals surface area contributed by atoms with Gasteiger partial charge >= 0.3 is 0 Å². The molecule has 0 aliphatic heterocycles. The van der Waals surface area contributed by atoms with E-state index >= 15 is 0 Å². The number of hydrogen-bond donors (Lipinski definition) is 1. The number of para-hydroxylation sites is 1. The summed E-state index contributed by atoms with van der Waals surface area (Å²) in [5.41, 5.74) is 0.244. The zero-order valence-electron chi connectivity index (χ0n) is 25.1. The number of hydrogen-bond acceptors (Lipinski definition) is 5. The van der Waals surface area contributed by atoms with Gasteiger partial charge in [-0.3, -0.25) is 13.9 Å². The average molecular weight is 618 g/mol. The highest BCUT2D eigenvalue weighted by Gasteiger charge is 2.33. The predicted molar refractivity (Wildman–Crippen MR) is 168 cm³/mol. The molecule has 1 atom stereocenters. The van der Waals surface area contributed by atoms with Gasteiger partial charge in [-0.05, 0) is 93.9 Å². The summed E-state index contributed by atoms with van der Waals surface area (Å²) in [4.78, 5) is 28.5. The Balaban J connectivity index is 1.69. The fourth-order valence-electron chi connectivity index (χ4n) is 4.40. The summed E-state index contributed by atoms with van der Waals surface area (Å²) in [5.74, 6) is -0.371. The highest BCUT2D eigenvalue weighted by molar-refractivity contribution is 7.92. The van der Waals surface area contributed by atoms with Gasteiger partial charge in [0, 0.05) is 12.1 Å². The second kappa shape index (κ2) is 13.7. The van der Waals surface area contributed by atoms with Crippen molar-refractivity contribution in [2.24, 2.45) is 0 Å². The highest BCUT2D eigenvalue weighted by Crippen LogP contribution is 2.28. The van der Waals surface area contributed by atoms with Crippen LogP contribution in [-0.2, 0) is 26.2 Å². The average Bonchev–Trinajstić information content (AvgIpc) is 2.99. The van der Waals surface area contributed by atoms with Crippen LogP contribution in [0, 0.1) is 5.82 Å². The Morgan fingerprint density at radius 2 is 1.36 bits per heavy atom. The van der Waals surface area contributed by atoms with Crippen LogP contribution in [0.2, 0.25) is 0 Å². The highest BCUT2D eigenvalue weighted by atomic mass is 32.2. The molecule has 4 rings (SSSR count). The molecule has 10 heteroatoms. The first-order valence-electron chi connectivity index (χ1n) is 14.1. The summed E-state index contributed by atoms with van der Waals surface area (Å²) in [5, 5.41) is 2.88. The number of sulfonamides is 1. The maximum absolute atomic E-state index is 14.0. The molecule has 8 nitrogen and oxygen atoms in total. The summed E-state index contributed by atoms with van der Waals surface area (Å²) in [7, 11) is -4.21. The van der Waals surface area contributed by atoms with Crippen molar-refractivity contribution in [1.82, 2.24) is 10.2 Å². The topological polar surface area (TPSA) is 96.0 Å². The van der Waals surface area contributed by atoms with E-state index in [1.807, 2.05) is 39.0 Å². The minimum Gasteiger partial charge on any atom is -0.457 e. The van der Waals surface area contributed by atoms with Gasteiger partial charge in [-0.2, -0.15) is 0 Å². The normalized spacial score (nSPS) is 12.2. The molecule has 0 fully saturated rings. The van der Waals surface area contributed by atoms with Crippen molar-refractivity contribution < 1.29 is 27.1 Å². The number of anilines is 1. The van der Waals surface area contributed by atoms with Gasteiger partial charge in [-0.15, -0.1) is 0 Å². The van der Waals surface area contributed by atoms with Crippen LogP contribution in [0.25, 0.3) is 0 Å². The molecule has 0 heterocycles. The van der Waals surface area contributed by atoms with Crippen LogP contribution in [0.3, 0.4) is 0 Å². The Morgan fingerprint density at radius 3 is 1.93 bits per heavy atom. The van der Waals surface area contributed by atoms with Crippen molar-refractivity contribution >= 4 is 27.5 Å². The Morgan fingerprint density at radius 1 is 0.818 bits per heavy atom. The van der Waals surface area contributed by atoms with Crippen LogP contribution in [-0.4, -0.2) is 43.3 Å². The molecule has 0 saturated heterocycles. The number of carbonyl (C=O) groups is 2. The zero-order chi connectivity index (χ0) is 31.9. The monoisotopic (exact) mass is 617 g/mol. The number of amides is 2. The van der Waals surface area contributed by atoms with E-state index in [1.54, 1.807) is 61.5 Å². The molecule has 4 aromatic rings. The molecule has 0 bridgehead atoms. The molecule has 0 aromatic heterocycles. The molecule has 0 saturated carbocycles. The Bertz CT molecular complexity index is 1660. The number of nitrogens with one attached hydrogen (secondary N) is 1. The van der Waals surface area contributed by atoms with Gasteiger partial charge in [0.05, 0.1) is 10.6 Å². The maximum atomic E-state index is 14.0. The third-order valence-electron chi connectivity index (χ3n) is 6.65. The summed E-state index contributed by atoms with van der Waals surface area (Å²) in [6.45, 7) is 6.41. The smallest absolute Gasteiger partial charge is 0.264 e. The predicted octanol–water partition coefficient (Wildman–Crippen LogP) is 6.15. The lowest BCUT2D eigenvalue weighted by molar-refractivity contribution is -0.140. The molecular formula is C34H36FN3O5S. The van der Waals surface area contributed by atoms with E-state index in [9.17, 15) is 22.4 Å². The van der Waals surface area contributed by atoms with Gasteiger partial charge in [0.1, 0.15) is 29.9 Å². The zero-order valence-corrected chi connectivity index (χ0v) is 25.9. The van der Waals surface area contributed by atoms with Crippen molar-refractivity contribution in [2.45, 2.75) is 50.7 Å². The SMILES string of the molecule is C[C@@H](C(=O)NC(C)(C)C)N(Cc1ccc(F)cc1)C(=O)CN(c1ccc(Oc2ccccc2)cc1)S(=O)(=O)c1ccccc1. The minimum absolute atomic E-state index is 0.000945. The number of halogens is 1. The van der Waals surface area contributed by atoms with Gasteiger partial charge in [-0.1, -0.05) is 48.5 Å². The number of ether oxygens (including phenoxy) is 1. The molecule has 0 spiro atoms. The van der Waals surface area contributed by atoms with Crippen LogP contribution >= 0.6 is 0 Å². The van der Waals surface area contributed by atoms with Gasteiger partial charge in [0.25, 0.3) is 10.0 Å². The second-order valence-electron chi connectivity index (χ2n) is 11.3. The van der Waals surface area contributed by atoms with E-state index in [2.05, 4.69) is 5.32 Å². The molecule has 4 aromatic carbocycles. The summed E-state index contributed by atoms with van der Waals surface area (Å²) < 4.78 is 48.4. The summed E-state index contributed by atoms with van der Waals surface area (Å²) in [6.07, 6.45) is 0. The molecule has 1 N–H and O–H groups in total.